The lowest BCUT2D eigenvalue weighted by atomic mass is 9.77. The third kappa shape index (κ3) is 5.37. The highest BCUT2D eigenvalue weighted by Gasteiger charge is 2.43. The molecule has 0 spiro atoms. The summed E-state index contributed by atoms with van der Waals surface area (Å²) in [6.45, 7) is -0.0809. The molecule has 4 atom stereocenters. The number of carbonyl (C=O) groups is 1. The number of rotatable bonds is 6. The standard InChI is InChI=1S/C25H31F3N2O5/c1-34-17-10-20(31)24(21(11-17)35-2)18(14-5-6-19-15(8-14)9-22(32)29-19)12-23(33)30-7-3-4-16(13-30)25(26,27)28/h6,8,10-11,14,16,18,22,29,31-32H,3-5,7,9,12-13H2,1-2H3. The van der Waals surface area contributed by atoms with Crippen LogP contribution in [0.3, 0.4) is 0 Å². The van der Waals surface area contributed by atoms with Crippen molar-refractivity contribution < 1.29 is 37.7 Å². The monoisotopic (exact) mass is 496 g/mol. The van der Waals surface area contributed by atoms with Crippen LogP contribution in [0.15, 0.2) is 35.6 Å². The molecular weight excluding hydrogens is 465 g/mol. The van der Waals surface area contributed by atoms with Crippen LogP contribution in [-0.4, -0.2) is 60.7 Å². The number of aliphatic hydroxyl groups is 1. The maximum atomic E-state index is 13.3. The van der Waals surface area contributed by atoms with Crippen molar-refractivity contribution in [1.29, 1.82) is 0 Å². The Bertz CT molecular complexity index is 1020. The molecule has 1 aromatic carbocycles. The zero-order valence-electron chi connectivity index (χ0n) is 19.8. The highest BCUT2D eigenvalue weighted by atomic mass is 19.4. The fraction of sp³-hybridized carbons (Fsp3) is 0.560. The predicted octanol–water partition coefficient (Wildman–Crippen LogP) is 3.83. The first kappa shape index (κ1) is 25.2. The quantitative estimate of drug-likeness (QED) is 0.555. The molecule has 0 aromatic heterocycles. The van der Waals surface area contributed by atoms with Gasteiger partial charge in [0.2, 0.25) is 5.91 Å². The molecule has 4 rings (SSSR count). The molecule has 1 aromatic rings. The van der Waals surface area contributed by atoms with Crippen LogP contribution < -0.4 is 14.8 Å². The van der Waals surface area contributed by atoms with Gasteiger partial charge in [0.1, 0.15) is 23.5 Å². The van der Waals surface area contributed by atoms with E-state index in [9.17, 15) is 28.2 Å². The van der Waals surface area contributed by atoms with E-state index < -0.39 is 24.2 Å². The molecule has 1 aliphatic carbocycles. The summed E-state index contributed by atoms with van der Waals surface area (Å²) in [6.07, 6.45) is 0.0422. The lowest BCUT2D eigenvalue weighted by Crippen LogP contribution is -2.45. The van der Waals surface area contributed by atoms with Gasteiger partial charge in [-0.25, -0.2) is 0 Å². The Hall–Kier alpha value is -2.88. The number of aliphatic hydroxyl groups excluding tert-OH is 1. The van der Waals surface area contributed by atoms with Gasteiger partial charge in [0.15, 0.2) is 0 Å². The van der Waals surface area contributed by atoms with Gasteiger partial charge in [0.25, 0.3) is 0 Å². The van der Waals surface area contributed by atoms with E-state index in [4.69, 9.17) is 9.47 Å². The third-order valence-corrected chi connectivity index (χ3v) is 7.16. The second-order valence-electron chi connectivity index (χ2n) is 9.37. The zero-order chi connectivity index (χ0) is 25.3. The first-order valence-electron chi connectivity index (χ1n) is 11.8. The topological polar surface area (TPSA) is 91.3 Å². The van der Waals surface area contributed by atoms with E-state index in [1.54, 1.807) is 6.07 Å². The van der Waals surface area contributed by atoms with Gasteiger partial charge in [-0.3, -0.25) is 4.79 Å². The number of phenols is 1. The molecule has 0 bridgehead atoms. The zero-order valence-corrected chi connectivity index (χ0v) is 19.8. The average Bonchev–Trinajstić information content (AvgIpc) is 3.20. The molecule has 7 nitrogen and oxygen atoms in total. The number of nitrogens with one attached hydrogen (secondary N) is 1. The van der Waals surface area contributed by atoms with Crippen molar-refractivity contribution in [3.05, 3.63) is 41.1 Å². The van der Waals surface area contributed by atoms with Crippen LogP contribution in [0.4, 0.5) is 13.2 Å². The van der Waals surface area contributed by atoms with Gasteiger partial charge in [-0.2, -0.15) is 13.2 Å². The number of phenolic OH excluding ortho intramolecular Hbond substituents is 1. The molecule has 1 amide bonds. The van der Waals surface area contributed by atoms with E-state index in [0.29, 0.717) is 36.3 Å². The van der Waals surface area contributed by atoms with Crippen LogP contribution in [0.25, 0.3) is 0 Å². The number of halogens is 3. The molecule has 2 heterocycles. The minimum atomic E-state index is -4.35. The summed E-state index contributed by atoms with van der Waals surface area (Å²) < 4.78 is 50.8. The number of nitrogens with zero attached hydrogens (tertiary/aromatic N) is 1. The number of hydrogen-bond donors (Lipinski definition) is 3. The molecule has 2 saturated heterocycles. The van der Waals surface area contributed by atoms with Crippen molar-refractivity contribution in [3.63, 3.8) is 0 Å². The summed E-state index contributed by atoms with van der Waals surface area (Å²) in [4.78, 5) is 14.6. The summed E-state index contributed by atoms with van der Waals surface area (Å²) >= 11 is 0. The summed E-state index contributed by atoms with van der Waals surface area (Å²) in [7, 11) is 2.91. The van der Waals surface area contributed by atoms with Gasteiger partial charge in [-0.15, -0.1) is 0 Å². The number of hydrogen-bond acceptors (Lipinski definition) is 6. The number of piperidine rings is 1. The van der Waals surface area contributed by atoms with E-state index in [1.807, 2.05) is 12.2 Å². The average molecular weight is 497 g/mol. The minimum Gasteiger partial charge on any atom is -0.507 e. The van der Waals surface area contributed by atoms with E-state index in [-0.39, 0.29) is 43.5 Å². The molecule has 35 heavy (non-hydrogen) atoms. The molecule has 2 fully saturated rings. The number of likely N-dealkylation sites (tertiary alicyclic amines) is 1. The van der Waals surface area contributed by atoms with E-state index in [0.717, 1.165) is 11.3 Å². The third-order valence-electron chi connectivity index (χ3n) is 7.16. The largest absolute Gasteiger partial charge is 0.507 e. The highest BCUT2D eigenvalue weighted by molar-refractivity contribution is 5.78. The van der Waals surface area contributed by atoms with Gasteiger partial charge in [-0.05, 0) is 30.8 Å². The normalized spacial score (nSPS) is 25.2. The van der Waals surface area contributed by atoms with Crippen LogP contribution in [-0.2, 0) is 4.79 Å². The van der Waals surface area contributed by atoms with Crippen molar-refractivity contribution in [2.45, 2.75) is 50.4 Å². The Labute approximate surface area is 202 Å². The lowest BCUT2D eigenvalue weighted by molar-refractivity contribution is -0.188. The molecule has 2 aliphatic heterocycles. The predicted molar refractivity (Wildman–Crippen MR) is 122 cm³/mol. The number of fused-ring (bicyclic) bond motifs is 1. The van der Waals surface area contributed by atoms with E-state index in [2.05, 4.69) is 5.32 Å². The Balaban J connectivity index is 1.66. The summed E-state index contributed by atoms with van der Waals surface area (Å²) in [5.41, 5.74) is 2.17. The van der Waals surface area contributed by atoms with Crippen LogP contribution in [0, 0.1) is 11.8 Å². The molecule has 192 valence electrons. The number of carbonyl (C=O) groups excluding carboxylic acids is 1. The van der Waals surface area contributed by atoms with E-state index >= 15 is 0 Å². The Morgan fingerprint density at radius 3 is 2.74 bits per heavy atom. The number of allylic oxidation sites excluding steroid dienone is 3. The first-order valence-corrected chi connectivity index (χ1v) is 11.8. The molecular formula is C25H31F3N2O5. The van der Waals surface area contributed by atoms with Crippen LogP contribution in [0.1, 0.15) is 43.6 Å². The lowest BCUT2D eigenvalue weighted by Gasteiger charge is -2.36. The molecule has 4 unspecified atom stereocenters. The number of aromatic hydroxyl groups is 1. The van der Waals surface area contributed by atoms with Gasteiger partial charge in [0.05, 0.1) is 20.1 Å². The molecule has 10 heteroatoms. The highest BCUT2D eigenvalue weighted by Crippen LogP contribution is 2.47. The number of ether oxygens (including phenoxy) is 2. The molecule has 0 saturated carbocycles. The Morgan fingerprint density at radius 2 is 2.06 bits per heavy atom. The van der Waals surface area contributed by atoms with Gasteiger partial charge in [0, 0.05) is 55.2 Å². The number of amides is 1. The van der Waals surface area contributed by atoms with Gasteiger partial charge in [-0.1, -0.05) is 12.2 Å². The van der Waals surface area contributed by atoms with Crippen molar-refractivity contribution in [1.82, 2.24) is 10.2 Å². The maximum Gasteiger partial charge on any atom is 0.393 e. The Kier molecular flexibility index (Phi) is 7.21. The number of methoxy groups -OCH3 is 2. The fourth-order valence-corrected chi connectivity index (χ4v) is 5.35. The number of benzene rings is 1. The van der Waals surface area contributed by atoms with Crippen molar-refractivity contribution in [2.75, 3.05) is 27.3 Å². The van der Waals surface area contributed by atoms with Crippen molar-refractivity contribution in [3.8, 4) is 17.2 Å². The van der Waals surface area contributed by atoms with Crippen molar-refractivity contribution >= 4 is 5.91 Å². The summed E-state index contributed by atoms with van der Waals surface area (Å²) in [6, 6.07) is 3.05. The smallest absolute Gasteiger partial charge is 0.393 e. The van der Waals surface area contributed by atoms with Crippen LogP contribution in [0.2, 0.25) is 0 Å². The van der Waals surface area contributed by atoms with Crippen LogP contribution in [0.5, 0.6) is 17.2 Å². The maximum absolute atomic E-state index is 13.3. The molecule has 0 radical (unpaired) electrons. The summed E-state index contributed by atoms with van der Waals surface area (Å²) in [5, 5.41) is 23.9. The first-order chi connectivity index (χ1) is 16.6. The second kappa shape index (κ2) is 10.0. The van der Waals surface area contributed by atoms with Crippen LogP contribution >= 0.6 is 0 Å². The minimum absolute atomic E-state index is 0.0153. The second-order valence-corrected chi connectivity index (χ2v) is 9.37. The van der Waals surface area contributed by atoms with Gasteiger partial charge < -0.3 is 29.9 Å². The number of alkyl halides is 3. The van der Waals surface area contributed by atoms with Gasteiger partial charge >= 0.3 is 6.18 Å². The SMILES string of the molecule is COc1cc(O)c(C(CC(=O)N2CCCC(C(F)(F)F)C2)C2C=C3CC(O)NC3=CC2)c(OC)c1. The molecule has 3 N–H and O–H groups in total. The van der Waals surface area contributed by atoms with Crippen molar-refractivity contribution in [2.24, 2.45) is 11.8 Å². The fourth-order valence-electron chi connectivity index (χ4n) is 5.35. The summed E-state index contributed by atoms with van der Waals surface area (Å²) in [5.74, 6) is -2.11. The Morgan fingerprint density at radius 1 is 1.29 bits per heavy atom. The molecule has 3 aliphatic rings. The van der Waals surface area contributed by atoms with E-state index in [1.165, 1.54) is 25.2 Å².